The SMILES string of the molecule is C[Si](C)(C)OC1(C#N)CNC1. The molecule has 0 atom stereocenters. The largest absolute Gasteiger partial charge is 0.398 e. The first kappa shape index (κ1) is 8.72. The molecule has 3 nitrogen and oxygen atoms in total. The van der Waals surface area contributed by atoms with Gasteiger partial charge in [-0.15, -0.1) is 0 Å². The highest BCUT2D eigenvalue weighted by atomic mass is 28.4. The molecule has 0 aromatic rings. The van der Waals surface area contributed by atoms with E-state index >= 15 is 0 Å². The van der Waals surface area contributed by atoms with E-state index in [0.717, 1.165) is 0 Å². The summed E-state index contributed by atoms with van der Waals surface area (Å²) >= 11 is 0. The predicted molar refractivity (Wildman–Crippen MR) is 45.6 cm³/mol. The third-order valence-corrected chi connectivity index (χ3v) is 2.53. The lowest BCUT2D eigenvalue weighted by atomic mass is 10.0. The van der Waals surface area contributed by atoms with Gasteiger partial charge >= 0.3 is 0 Å². The second-order valence-electron chi connectivity index (χ2n) is 3.92. The van der Waals surface area contributed by atoms with Gasteiger partial charge in [0.05, 0.1) is 6.07 Å². The van der Waals surface area contributed by atoms with Gasteiger partial charge in [-0.3, -0.25) is 0 Å². The van der Waals surface area contributed by atoms with Crippen LogP contribution in [-0.4, -0.2) is 27.0 Å². The summed E-state index contributed by atoms with van der Waals surface area (Å²) in [6.45, 7) is 7.68. The van der Waals surface area contributed by atoms with Crippen LogP contribution in [0.5, 0.6) is 0 Å². The first-order valence-electron chi connectivity index (χ1n) is 3.80. The molecule has 1 N–H and O–H groups in total. The fraction of sp³-hybridized carbons (Fsp3) is 0.857. The van der Waals surface area contributed by atoms with Crippen molar-refractivity contribution in [1.82, 2.24) is 5.32 Å². The summed E-state index contributed by atoms with van der Waals surface area (Å²) in [5.41, 5.74) is -0.496. The summed E-state index contributed by atoms with van der Waals surface area (Å²) in [7, 11) is -1.55. The highest BCUT2D eigenvalue weighted by Gasteiger charge is 2.41. The molecule has 0 amide bonds. The third-order valence-electron chi connectivity index (χ3n) is 1.53. The van der Waals surface area contributed by atoms with Gasteiger partial charge in [-0.2, -0.15) is 5.26 Å². The third kappa shape index (κ3) is 2.03. The Kier molecular flexibility index (Phi) is 2.05. The molecule has 1 aliphatic heterocycles. The van der Waals surface area contributed by atoms with Crippen molar-refractivity contribution in [2.24, 2.45) is 0 Å². The summed E-state index contributed by atoms with van der Waals surface area (Å²) in [4.78, 5) is 0. The molecule has 62 valence electrons. The Hall–Kier alpha value is -0.373. The van der Waals surface area contributed by atoms with Crippen molar-refractivity contribution in [3.05, 3.63) is 0 Å². The Labute approximate surface area is 68.5 Å². The smallest absolute Gasteiger partial charge is 0.186 e. The topological polar surface area (TPSA) is 45.0 Å². The maximum absolute atomic E-state index is 8.81. The molecule has 1 aliphatic rings. The van der Waals surface area contributed by atoms with E-state index in [4.69, 9.17) is 9.69 Å². The highest BCUT2D eigenvalue weighted by Crippen LogP contribution is 2.21. The number of nitrogens with one attached hydrogen (secondary N) is 1. The van der Waals surface area contributed by atoms with Crippen molar-refractivity contribution in [2.75, 3.05) is 13.1 Å². The standard InChI is InChI=1S/C7H14N2OSi/c1-11(2,3)10-7(4-8)5-9-6-7/h9H,5-6H2,1-3H3. The van der Waals surface area contributed by atoms with Crippen molar-refractivity contribution >= 4 is 8.32 Å². The number of nitrogens with zero attached hydrogens (tertiary/aromatic N) is 1. The van der Waals surface area contributed by atoms with Crippen LogP contribution in [-0.2, 0) is 4.43 Å². The van der Waals surface area contributed by atoms with Crippen molar-refractivity contribution in [2.45, 2.75) is 25.2 Å². The summed E-state index contributed by atoms with van der Waals surface area (Å²) in [5.74, 6) is 0. The van der Waals surface area contributed by atoms with Crippen LogP contribution < -0.4 is 5.32 Å². The predicted octanol–water partition coefficient (Wildman–Crippen LogP) is 0.703. The van der Waals surface area contributed by atoms with Gasteiger partial charge in [0.2, 0.25) is 0 Å². The zero-order chi connectivity index (χ0) is 8.54. The first-order valence-corrected chi connectivity index (χ1v) is 7.20. The van der Waals surface area contributed by atoms with Gasteiger partial charge in [0.25, 0.3) is 0 Å². The summed E-state index contributed by atoms with van der Waals surface area (Å²) in [5, 5.41) is 11.9. The fourth-order valence-electron chi connectivity index (χ4n) is 1.11. The molecule has 0 bridgehead atoms. The van der Waals surface area contributed by atoms with E-state index in [1.807, 2.05) is 0 Å². The molecular formula is C7H14N2OSi. The van der Waals surface area contributed by atoms with E-state index in [-0.39, 0.29) is 0 Å². The van der Waals surface area contributed by atoms with Gasteiger partial charge in [0.1, 0.15) is 0 Å². The van der Waals surface area contributed by atoms with E-state index in [1.165, 1.54) is 0 Å². The monoisotopic (exact) mass is 170 g/mol. The molecule has 0 radical (unpaired) electrons. The molecule has 0 aromatic heterocycles. The van der Waals surface area contributed by atoms with Crippen LogP contribution in [0, 0.1) is 11.3 Å². The number of hydrogen-bond donors (Lipinski definition) is 1. The minimum atomic E-state index is -1.55. The van der Waals surface area contributed by atoms with Gasteiger partial charge in [-0.25, -0.2) is 0 Å². The Morgan fingerprint density at radius 3 is 2.09 bits per heavy atom. The Balaban J connectivity index is 2.54. The molecule has 0 unspecified atom stereocenters. The van der Waals surface area contributed by atoms with Crippen LogP contribution in [0.1, 0.15) is 0 Å². The minimum Gasteiger partial charge on any atom is -0.398 e. The number of rotatable bonds is 2. The number of nitriles is 1. The van der Waals surface area contributed by atoms with E-state index in [2.05, 4.69) is 31.0 Å². The van der Waals surface area contributed by atoms with Crippen molar-refractivity contribution in [3.8, 4) is 6.07 Å². The average Bonchev–Trinajstić information content (AvgIpc) is 1.77. The first-order chi connectivity index (χ1) is 4.97. The average molecular weight is 170 g/mol. The quantitative estimate of drug-likeness (QED) is 0.621. The lowest BCUT2D eigenvalue weighted by Gasteiger charge is -2.40. The molecule has 1 fully saturated rings. The molecule has 1 saturated heterocycles. The van der Waals surface area contributed by atoms with Crippen LogP contribution >= 0.6 is 0 Å². The second kappa shape index (κ2) is 2.59. The highest BCUT2D eigenvalue weighted by molar-refractivity contribution is 6.69. The van der Waals surface area contributed by atoms with Gasteiger partial charge in [0, 0.05) is 13.1 Å². The minimum absolute atomic E-state index is 0.496. The molecule has 4 heteroatoms. The molecule has 1 rings (SSSR count). The van der Waals surface area contributed by atoms with Crippen LogP contribution in [0.4, 0.5) is 0 Å². The van der Waals surface area contributed by atoms with E-state index < -0.39 is 13.9 Å². The van der Waals surface area contributed by atoms with Gasteiger partial charge in [-0.05, 0) is 19.6 Å². The van der Waals surface area contributed by atoms with Gasteiger partial charge < -0.3 is 9.74 Å². The van der Waals surface area contributed by atoms with E-state index in [1.54, 1.807) is 0 Å². The molecule has 11 heavy (non-hydrogen) atoms. The summed E-state index contributed by atoms with van der Waals surface area (Å²) in [6, 6.07) is 2.22. The Morgan fingerprint density at radius 2 is 2.00 bits per heavy atom. The molecule has 0 saturated carbocycles. The lowest BCUT2D eigenvalue weighted by Crippen LogP contribution is -2.63. The summed E-state index contributed by atoms with van der Waals surface area (Å²) < 4.78 is 5.73. The lowest BCUT2D eigenvalue weighted by molar-refractivity contribution is 0.0637. The van der Waals surface area contributed by atoms with E-state index in [0.29, 0.717) is 13.1 Å². The van der Waals surface area contributed by atoms with Crippen LogP contribution in [0.2, 0.25) is 19.6 Å². The van der Waals surface area contributed by atoms with Gasteiger partial charge in [-0.1, -0.05) is 0 Å². The zero-order valence-corrected chi connectivity index (χ0v) is 8.27. The van der Waals surface area contributed by atoms with Crippen molar-refractivity contribution < 1.29 is 4.43 Å². The Morgan fingerprint density at radius 1 is 1.45 bits per heavy atom. The van der Waals surface area contributed by atoms with Crippen LogP contribution in [0.3, 0.4) is 0 Å². The molecule has 1 heterocycles. The summed E-state index contributed by atoms with van der Waals surface area (Å²) in [6.07, 6.45) is 0. The van der Waals surface area contributed by atoms with Crippen LogP contribution in [0.25, 0.3) is 0 Å². The molecule has 0 aromatic carbocycles. The second-order valence-corrected chi connectivity index (χ2v) is 8.35. The van der Waals surface area contributed by atoms with Crippen molar-refractivity contribution in [3.63, 3.8) is 0 Å². The zero-order valence-electron chi connectivity index (χ0n) is 7.27. The maximum atomic E-state index is 8.81. The molecule has 0 aliphatic carbocycles. The fourth-order valence-corrected chi connectivity index (χ4v) is 2.47. The maximum Gasteiger partial charge on any atom is 0.186 e. The molecule has 0 spiro atoms. The van der Waals surface area contributed by atoms with Gasteiger partial charge in [0.15, 0.2) is 13.9 Å². The molecular weight excluding hydrogens is 156 g/mol. The van der Waals surface area contributed by atoms with Crippen LogP contribution in [0.15, 0.2) is 0 Å². The number of hydrogen-bond acceptors (Lipinski definition) is 3. The van der Waals surface area contributed by atoms with Crippen molar-refractivity contribution in [1.29, 1.82) is 5.26 Å². The normalized spacial score (nSPS) is 22.0. The van der Waals surface area contributed by atoms with E-state index in [9.17, 15) is 0 Å². The Bertz CT molecular complexity index is 188.